The Morgan fingerprint density at radius 1 is 1.21 bits per heavy atom. The maximum Gasteiger partial charge on any atom is 0.330 e. The Balaban J connectivity index is 1.97. The lowest BCUT2D eigenvalue weighted by Gasteiger charge is -2.31. The number of imide groups is 2. The van der Waals surface area contributed by atoms with Gasteiger partial charge in [0, 0.05) is 13.1 Å². The summed E-state index contributed by atoms with van der Waals surface area (Å²) in [5, 5.41) is 2.30. The molecule has 1 saturated heterocycles. The molecule has 2 aliphatic rings. The van der Waals surface area contributed by atoms with Crippen LogP contribution in [0.2, 0.25) is 0 Å². The summed E-state index contributed by atoms with van der Waals surface area (Å²) < 4.78 is 0. The first-order valence-corrected chi connectivity index (χ1v) is 6.95. The van der Waals surface area contributed by atoms with Gasteiger partial charge in [-0.2, -0.15) is 0 Å². The van der Waals surface area contributed by atoms with Crippen molar-refractivity contribution in [3.8, 4) is 0 Å². The lowest BCUT2D eigenvalue weighted by Crippen LogP contribution is -2.60. The number of nitrogens with one attached hydrogen (secondary N) is 1. The van der Waals surface area contributed by atoms with Crippen LogP contribution in [-0.2, 0) is 9.59 Å². The van der Waals surface area contributed by atoms with Crippen LogP contribution in [0.25, 0.3) is 0 Å². The lowest BCUT2D eigenvalue weighted by molar-refractivity contribution is -0.144. The number of likely N-dealkylation sites (N-methyl/N-ethyl adjacent to an activating group) is 1. The second-order valence-corrected chi connectivity index (χ2v) is 5.23. The largest absolute Gasteiger partial charge is 0.330 e. The van der Waals surface area contributed by atoms with E-state index < -0.39 is 17.4 Å². The molecule has 106 valence electrons. The van der Waals surface area contributed by atoms with Crippen LogP contribution >= 0.6 is 0 Å². The topological polar surface area (TPSA) is 69.7 Å². The van der Waals surface area contributed by atoms with Crippen LogP contribution in [0, 0.1) is 5.41 Å². The van der Waals surface area contributed by atoms with Crippen molar-refractivity contribution in [2.24, 2.45) is 5.41 Å². The molecular formula is C13H21N3O3. The van der Waals surface area contributed by atoms with E-state index >= 15 is 0 Å². The average Bonchev–Trinajstić information content (AvgIpc) is 3.17. The molecule has 0 radical (unpaired) electrons. The number of rotatable bonds is 6. The summed E-state index contributed by atoms with van der Waals surface area (Å²) in [7, 11) is 0. The Hall–Kier alpha value is -1.43. The molecule has 2 fully saturated rings. The van der Waals surface area contributed by atoms with Crippen LogP contribution in [0.4, 0.5) is 4.79 Å². The van der Waals surface area contributed by atoms with Gasteiger partial charge in [-0.25, -0.2) is 4.79 Å². The van der Waals surface area contributed by atoms with E-state index in [9.17, 15) is 14.4 Å². The summed E-state index contributed by atoms with van der Waals surface area (Å²) in [5.74, 6) is -0.728. The molecule has 0 atom stereocenters. The number of hydrogen-bond donors (Lipinski definition) is 1. The lowest BCUT2D eigenvalue weighted by atomic mass is 10.0. The van der Waals surface area contributed by atoms with Crippen molar-refractivity contribution < 1.29 is 14.4 Å². The number of nitrogens with zero attached hydrogens (tertiary/aromatic N) is 2. The molecule has 1 aliphatic carbocycles. The predicted molar refractivity (Wildman–Crippen MR) is 69.3 cm³/mol. The molecule has 2 rings (SSSR count). The molecule has 1 N–H and O–H groups in total. The minimum atomic E-state index is -0.921. The molecule has 1 aliphatic heterocycles. The summed E-state index contributed by atoms with van der Waals surface area (Å²) >= 11 is 0. The van der Waals surface area contributed by atoms with Gasteiger partial charge in [0.05, 0.1) is 0 Å². The standard InChI is InChI=1S/C13H21N3O3/c1-3-7-15(4-2)8-9-16-11(18)13(5-6-13)10(17)14-12(16)19/h3-9H2,1-2H3,(H,14,17,19). The van der Waals surface area contributed by atoms with Gasteiger partial charge in [-0.05, 0) is 32.4 Å². The van der Waals surface area contributed by atoms with Crippen molar-refractivity contribution in [1.29, 1.82) is 0 Å². The van der Waals surface area contributed by atoms with E-state index in [4.69, 9.17) is 0 Å². The van der Waals surface area contributed by atoms with Gasteiger partial charge < -0.3 is 4.90 Å². The van der Waals surface area contributed by atoms with Gasteiger partial charge in [-0.15, -0.1) is 0 Å². The number of urea groups is 1. The molecule has 1 saturated carbocycles. The first-order valence-electron chi connectivity index (χ1n) is 6.95. The van der Waals surface area contributed by atoms with E-state index in [-0.39, 0.29) is 5.91 Å². The molecule has 0 aromatic heterocycles. The summed E-state index contributed by atoms with van der Waals surface area (Å²) in [4.78, 5) is 39.0. The molecule has 1 heterocycles. The molecule has 1 spiro atoms. The number of amides is 4. The minimum absolute atomic E-state index is 0.311. The van der Waals surface area contributed by atoms with Crippen molar-refractivity contribution in [3.05, 3.63) is 0 Å². The van der Waals surface area contributed by atoms with E-state index in [1.165, 1.54) is 4.90 Å². The zero-order chi connectivity index (χ0) is 14.0. The van der Waals surface area contributed by atoms with Crippen LogP contribution in [0.3, 0.4) is 0 Å². The molecule has 0 unspecified atom stereocenters. The van der Waals surface area contributed by atoms with E-state index in [1.807, 2.05) is 0 Å². The first kappa shape index (κ1) is 14.0. The summed E-state index contributed by atoms with van der Waals surface area (Å²) in [6.07, 6.45) is 2.16. The van der Waals surface area contributed by atoms with Crippen LogP contribution in [0.15, 0.2) is 0 Å². The minimum Gasteiger partial charge on any atom is -0.302 e. The quantitative estimate of drug-likeness (QED) is 0.715. The van der Waals surface area contributed by atoms with Gasteiger partial charge in [0.1, 0.15) is 5.41 Å². The average molecular weight is 267 g/mol. The fourth-order valence-electron chi connectivity index (χ4n) is 2.49. The molecule has 19 heavy (non-hydrogen) atoms. The van der Waals surface area contributed by atoms with Gasteiger partial charge in [-0.1, -0.05) is 13.8 Å². The third-order valence-corrected chi connectivity index (χ3v) is 3.93. The van der Waals surface area contributed by atoms with Crippen molar-refractivity contribution >= 4 is 17.8 Å². The monoisotopic (exact) mass is 267 g/mol. The Labute approximate surface area is 113 Å². The van der Waals surface area contributed by atoms with Crippen LogP contribution in [0.1, 0.15) is 33.1 Å². The van der Waals surface area contributed by atoms with Crippen LogP contribution < -0.4 is 5.32 Å². The predicted octanol–water partition coefficient (Wildman–Crippen LogP) is 0.577. The Kier molecular flexibility index (Phi) is 3.89. The number of hydrogen-bond acceptors (Lipinski definition) is 4. The number of carbonyl (C=O) groups is 3. The fourth-order valence-corrected chi connectivity index (χ4v) is 2.49. The Bertz CT molecular complexity index is 404. The third kappa shape index (κ3) is 2.49. The molecular weight excluding hydrogens is 246 g/mol. The SMILES string of the molecule is CCCN(CC)CCN1C(=O)NC(=O)C2(CC2)C1=O. The van der Waals surface area contributed by atoms with Crippen molar-refractivity contribution in [1.82, 2.24) is 15.1 Å². The Morgan fingerprint density at radius 3 is 2.42 bits per heavy atom. The summed E-state index contributed by atoms with van der Waals surface area (Å²) in [5.41, 5.74) is -0.921. The zero-order valence-electron chi connectivity index (χ0n) is 11.6. The number of barbiturate groups is 1. The zero-order valence-corrected chi connectivity index (χ0v) is 11.6. The van der Waals surface area contributed by atoms with Gasteiger partial charge in [0.15, 0.2) is 0 Å². The van der Waals surface area contributed by atoms with Crippen LogP contribution in [-0.4, -0.2) is 53.8 Å². The maximum absolute atomic E-state index is 12.2. The van der Waals surface area contributed by atoms with E-state index in [0.29, 0.717) is 25.9 Å². The van der Waals surface area contributed by atoms with Gasteiger partial charge >= 0.3 is 6.03 Å². The van der Waals surface area contributed by atoms with E-state index in [0.717, 1.165) is 19.5 Å². The highest BCUT2D eigenvalue weighted by atomic mass is 16.2. The van der Waals surface area contributed by atoms with E-state index in [1.54, 1.807) is 0 Å². The van der Waals surface area contributed by atoms with Crippen molar-refractivity contribution in [2.75, 3.05) is 26.2 Å². The Morgan fingerprint density at radius 2 is 1.89 bits per heavy atom. The highest BCUT2D eigenvalue weighted by molar-refractivity contribution is 6.20. The second kappa shape index (κ2) is 5.28. The molecule has 0 aromatic rings. The first-order chi connectivity index (χ1) is 9.05. The van der Waals surface area contributed by atoms with Crippen molar-refractivity contribution in [2.45, 2.75) is 33.1 Å². The molecule has 4 amide bonds. The van der Waals surface area contributed by atoms with Gasteiger partial charge in [0.2, 0.25) is 11.8 Å². The second-order valence-electron chi connectivity index (χ2n) is 5.23. The van der Waals surface area contributed by atoms with Crippen molar-refractivity contribution in [3.63, 3.8) is 0 Å². The van der Waals surface area contributed by atoms with E-state index in [2.05, 4.69) is 24.1 Å². The molecule has 6 nitrogen and oxygen atoms in total. The molecule has 6 heteroatoms. The van der Waals surface area contributed by atoms with Gasteiger partial charge in [-0.3, -0.25) is 19.8 Å². The maximum atomic E-state index is 12.2. The highest BCUT2D eigenvalue weighted by Gasteiger charge is 2.62. The van der Waals surface area contributed by atoms with Gasteiger partial charge in [0.25, 0.3) is 0 Å². The molecule has 0 bridgehead atoms. The summed E-state index contributed by atoms with van der Waals surface area (Å²) in [6, 6.07) is -0.569. The normalized spacial score (nSPS) is 21.2. The summed E-state index contributed by atoms with van der Waals surface area (Å²) in [6.45, 7) is 7.01. The third-order valence-electron chi connectivity index (χ3n) is 3.93. The van der Waals surface area contributed by atoms with Crippen LogP contribution in [0.5, 0.6) is 0 Å². The smallest absolute Gasteiger partial charge is 0.302 e. The fraction of sp³-hybridized carbons (Fsp3) is 0.769. The number of carbonyl (C=O) groups excluding carboxylic acids is 3. The highest BCUT2D eigenvalue weighted by Crippen LogP contribution is 2.48. The molecule has 0 aromatic carbocycles.